The predicted octanol–water partition coefficient (Wildman–Crippen LogP) is 3.60. The maximum absolute atomic E-state index is 5.22. The normalized spacial score (nSPS) is 10.3. The number of benzene rings is 1. The molecule has 0 saturated carbocycles. The maximum atomic E-state index is 5.22. The molecule has 0 atom stereocenters. The lowest BCUT2D eigenvalue weighted by molar-refractivity contribution is 0.185. The van der Waals surface area contributed by atoms with Gasteiger partial charge in [-0.25, -0.2) is 0 Å². The summed E-state index contributed by atoms with van der Waals surface area (Å²) in [6, 6.07) is 10.1. The zero-order valence-corrected chi connectivity index (χ0v) is 11.8. The van der Waals surface area contributed by atoms with Crippen LogP contribution in [0.4, 0.5) is 5.69 Å². The molecular weight excluding hydrogens is 292 g/mol. The van der Waals surface area contributed by atoms with E-state index >= 15 is 0 Å². The number of nitrogens with one attached hydrogen (secondary N) is 1. The number of rotatable bonds is 5. The summed E-state index contributed by atoms with van der Waals surface area (Å²) in [6.07, 6.45) is 3.64. The summed E-state index contributed by atoms with van der Waals surface area (Å²) in [7, 11) is 1.70. The second-order valence-corrected chi connectivity index (χ2v) is 4.77. The van der Waals surface area contributed by atoms with E-state index in [9.17, 15) is 0 Å². The number of halogens is 1. The van der Waals surface area contributed by atoms with Gasteiger partial charge in [-0.3, -0.25) is 4.98 Å². The fourth-order valence-electron chi connectivity index (χ4n) is 1.72. The molecule has 0 saturated heterocycles. The highest BCUT2D eigenvalue weighted by Crippen LogP contribution is 2.25. The van der Waals surface area contributed by atoms with E-state index in [1.807, 2.05) is 30.5 Å². The molecule has 0 fully saturated rings. The Hall–Kier alpha value is -1.39. The summed E-state index contributed by atoms with van der Waals surface area (Å²) < 4.78 is 6.28. The molecule has 0 aliphatic carbocycles. The third kappa shape index (κ3) is 3.31. The van der Waals surface area contributed by atoms with Crippen molar-refractivity contribution in [3.05, 3.63) is 58.3 Å². The number of hydrogen-bond donors (Lipinski definition) is 1. The van der Waals surface area contributed by atoms with Gasteiger partial charge < -0.3 is 10.1 Å². The number of hydrogen-bond acceptors (Lipinski definition) is 3. The van der Waals surface area contributed by atoms with Crippen molar-refractivity contribution in [3.63, 3.8) is 0 Å². The Balaban J connectivity index is 2.11. The fraction of sp³-hybridized carbons (Fsp3) is 0.214. The van der Waals surface area contributed by atoms with Crippen molar-refractivity contribution in [2.45, 2.75) is 13.2 Å². The minimum absolute atomic E-state index is 0.580. The lowest BCUT2D eigenvalue weighted by Gasteiger charge is -2.13. The average molecular weight is 307 g/mol. The Bertz CT molecular complexity index is 502. The molecule has 4 heteroatoms. The van der Waals surface area contributed by atoms with E-state index in [0.717, 1.165) is 27.8 Å². The van der Waals surface area contributed by atoms with Gasteiger partial charge in [-0.1, -0.05) is 28.1 Å². The number of pyridine rings is 1. The highest BCUT2D eigenvalue weighted by Gasteiger charge is 2.05. The molecule has 1 N–H and O–H groups in total. The van der Waals surface area contributed by atoms with Crippen molar-refractivity contribution in [2.24, 2.45) is 0 Å². The average Bonchev–Trinajstić information content (AvgIpc) is 2.41. The van der Waals surface area contributed by atoms with Gasteiger partial charge >= 0.3 is 0 Å². The van der Waals surface area contributed by atoms with Crippen molar-refractivity contribution in [1.29, 1.82) is 0 Å². The molecule has 2 aromatic rings. The highest BCUT2D eigenvalue weighted by atomic mass is 79.9. The second-order valence-electron chi connectivity index (χ2n) is 3.91. The van der Waals surface area contributed by atoms with Crippen LogP contribution in [0.5, 0.6) is 0 Å². The Morgan fingerprint density at radius 1 is 1.28 bits per heavy atom. The van der Waals surface area contributed by atoms with Crippen LogP contribution in [0.15, 0.2) is 47.2 Å². The molecule has 94 valence electrons. The van der Waals surface area contributed by atoms with Crippen molar-refractivity contribution < 1.29 is 4.74 Å². The van der Waals surface area contributed by atoms with Crippen LogP contribution in [0.25, 0.3) is 0 Å². The van der Waals surface area contributed by atoms with Crippen molar-refractivity contribution in [1.82, 2.24) is 4.98 Å². The van der Waals surface area contributed by atoms with E-state index in [2.05, 4.69) is 32.3 Å². The predicted molar refractivity (Wildman–Crippen MR) is 76.4 cm³/mol. The first-order valence-electron chi connectivity index (χ1n) is 5.70. The van der Waals surface area contributed by atoms with Crippen LogP contribution in [-0.2, 0) is 17.9 Å². The SMILES string of the molecule is COCc1c(Br)cccc1NCc1cccnc1. The van der Waals surface area contributed by atoms with Gasteiger partial charge in [-0.2, -0.15) is 0 Å². The molecule has 1 aromatic heterocycles. The third-order valence-corrected chi connectivity index (χ3v) is 3.36. The smallest absolute Gasteiger partial charge is 0.0744 e. The molecule has 3 nitrogen and oxygen atoms in total. The number of methoxy groups -OCH3 is 1. The molecule has 0 unspecified atom stereocenters. The molecule has 2 rings (SSSR count). The summed E-state index contributed by atoms with van der Waals surface area (Å²) in [6.45, 7) is 1.33. The lowest BCUT2D eigenvalue weighted by atomic mass is 10.2. The van der Waals surface area contributed by atoms with Gasteiger partial charge in [-0.05, 0) is 23.8 Å². The Kier molecular flexibility index (Phi) is 4.73. The van der Waals surface area contributed by atoms with Crippen LogP contribution < -0.4 is 5.32 Å². The van der Waals surface area contributed by atoms with Gasteiger partial charge in [0.05, 0.1) is 6.61 Å². The molecule has 1 heterocycles. The van der Waals surface area contributed by atoms with Gasteiger partial charge in [0.1, 0.15) is 0 Å². The van der Waals surface area contributed by atoms with E-state index in [1.165, 1.54) is 0 Å². The summed E-state index contributed by atoms with van der Waals surface area (Å²) >= 11 is 3.54. The first kappa shape index (κ1) is 13.1. The van der Waals surface area contributed by atoms with E-state index < -0.39 is 0 Å². The second kappa shape index (κ2) is 6.52. The first-order chi connectivity index (χ1) is 8.81. The summed E-state index contributed by atoms with van der Waals surface area (Å²) in [4.78, 5) is 4.10. The zero-order chi connectivity index (χ0) is 12.8. The van der Waals surface area contributed by atoms with Gasteiger partial charge in [0.2, 0.25) is 0 Å². The Morgan fingerprint density at radius 2 is 2.17 bits per heavy atom. The minimum Gasteiger partial charge on any atom is -0.381 e. The topological polar surface area (TPSA) is 34.1 Å². The summed E-state index contributed by atoms with van der Waals surface area (Å²) in [5.74, 6) is 0. The van der Waals surface area contributed by atoms with E-state index in [0.29, 0.717) is 6.61 Å². The van der Waals surface area contributed by atoms with Crippen LogP contribution in [-0.4, -0.2) is 12.1 Å². The maximum Gasteiger partial charge on any atom is 0.0744 e. The van der Waals surface area contributed by atoms with E-state index in [-0.39, 0.29) is 0 Å². The van der Waals surface area contributed by atoms with Crippen LogP contribution >= 0.6 is 15.9 Å². The van der Waals surface area contributed by atoms with Crippen LogP contribution in [0, 0.1) is 0 Å². The largest absolute Gasteiger partial charge is 0.381 e. The first-order valence-corrected chi connectivity index (χ1v) is 6.49. The zero-order valence-electron chi connectivity index (χ0n) is 10.2. The molecule has 0 bridgehead atoms. The van der Waals surface area contributed by atoms with Gasteiger partial charge in [0.25, 0.3) is 0 Å². The summed E-state index contributed by atoms with van der Waals surface area (Å²) in [5, 5.41) is 3.41. The number of ether oxygens (including phenoxy) is 1. The lowest BCUT2D eigenvalue weighted by Crippen LogP contribution is -2.04. The van der Waals surface area contributed by atoms with Crippen LogP contribution in [0.1, 0.15) is 11.1 Å². The number of anilines is 1. The van der Waals surface area contributed by atoms with Gasteiger partial charge in [0.15, 0.2) is 0 Å². The molecular formula is C14H15BrN2O. The molecule has 18 heavy (non-hydrogen) atoms. The molecule has 1 aromatic carbocycles. The van der Waals surface area contributed by atoms with Crippen molar-refractivity contribution in [3.8, 4) is 0 Å². The Labute approximate surface area is 115 Å². The standard InChI is InChI=1S/C14H15BrN2O/c1-18-10-12-13(15)5-2-6-14(12)17-9-11-4-3-7-16-8-11/h2-8,17H,9-10H2,1H3. The monoisotopic (exact) mass is 306 g/mol. The van der Waals surface area contributed by atoms with Crippen molar-refractivity contribution in [2.75, 3.05) is 12.4 Å². The van der Waals surface area contributed by atoms with Crippen molar-refractivity contribution >= 4 is 21.6 Å². The minimum atomic E-state index is 0.580. The highest BCUT2D eigenvalue weighted by molar-refractivity contribution is 9.10. The third-order valence-electron chi connectivity index (χ3n) is 2.61. The number of nitrogens with zero attached hydrogens (tertiary/aromatic N) is 1. The Morgan fingerprint density at radius 3 is 2.89 bits per heavy atom. The van der Waals surface area contributed by atoms with E-state index in [4.69, 9.17) is 4.74 Å². The number of aromatic nitrogens is 1. The molecule has 0 aliphatic heterocycles. The van der Waals surface area contributed by atoms with E-state index in [1.54, 1.807) is 13.3 Å². The summed E-state index contributed by atoms with van der Waals surface area (Å²) in [5.41, 5.74) is 3.36. The van der Waals surface area contributed by atoms with Gasteiger partial charge in [0, 0.05) is 41.8 Å². The fourth-order valence-corrected chi connectivity index (χ4v) is 2.20. The molecule has 0 amide bonds. The molecule has 0 aliphatic rings. The molecule has 0 spiro atoms. The van der Waals surface area contributed by atoms with Crippen LogP contribution in [0.2, 0.25) is 0 Å². The van der Waals surface area contributed by atoms with Gasteiger partial charge in [-0.15, -0.1) is 0 Å². The quantitative estimate of drug-likeness (QED) is 0.916. The molecule has 0 radical (unpaired) electrons. The van der Waals surface area contributed by atoms with Crippen LogP contribution in [0.3, 0.4) is 0 Å².